The van der Waals surface area contributed by atoms with Gasteiger partial charge in [0.15, 0.2) is 0 Å². The Balaban J connectivity index is 2.80. The van der Waals surface area contributed by atoms with Crippen molar-refractivity contribution >= 4 is 11.6 Å². The average Bonchev–Trinajstić information content (AvgIpc) is 2.23. The molecule has 0 bridgehead atoms. The zero-order chi connectivity index (χ0) is 12.0. The van der Waals surface area contributed by atoms with Gasteiger partial charge in [0.25, 0.3) is 0 Å². The standard InChI is InChI=1S/C11H8FN3O/c12-9-7-8(3-5-13)1-2-10(9)15-11(16)4-6-14/h1-2,7H,3-4H2,(H,15,16). The molecule has 1 aromatic carbocycles. The lowest BCUT2D eigenvalue weighted by atomic mass is 10.1. The molecule has 1 aromatic rings. The van der Waals surface area contributed by atoms with Gasteiger partial charge in [0, 0.05) is 0 Å². The van der Waals surface area contributed by atoms with E-state index in [4.69, 9.17) is 10.5 Å². The molecule has 0 unspecified atom stereocenters. The summed E-state index contributed by atoms with van der Waals surface area (Å²) in [6.45, 7) is 0. The molecule has 0 atom stereocenters. The Kier molecular flexibility index (Phi) is 3.99. The summed E-state index contributed by atoms with van der Waals surface area (Å²) in [6, 6.07) is 7.66. The SMILES string of the molecule is N#CCC(=O)Nc1ccc(CC#N)cc1F. The second-order valence-electron chi connectivity index (χ2n) is 3.03. The number of rotatable bonds is 3. The molecule has 0 aliphatic carbocycles. The van der Waals surface area contributed by atoms with Gasteiger partial charge in [0.05, 0.1) is 24.2 Å². The number of hydrogen-bond donors (Lipinski definition) is 1. The summed E-state index contributed by atoms with van der Waals surface area (Å²) in [4.78, 5) is 11.0. The normalized spacial score (nSPS) is 8.94. The summed E-state index contributed by atoms with van der Waals surface area (Å²) >= 11 is 0. The van der Waals surface area contributed by atoms with Crippen LogP contribution in [0.3, 0.4) is 0 Å². The van der Waals surface area contributed by atoms with Gasteiger partial charge >= 0.3 is 0 Å². The third-order valence-electron chi connectivity index (χ3n) is 1.83. The van der Waals surface area contributed by atoms with Gasteiger partial charge in [-0.15, -0.1) is 0 Å². The third-order valence-corrected chi connectivity index (χ3v) is 1.83. The summed E-state index contributed by atoms with van der Waals surface area (Å²) in [6.07, 6.45) is -0.206. The maximum atomic E-state index is 13.4. The highest BCUT2D eigenvalue weighted by Gasteiger charge is 2.07. The van der Waals surface area contributed by atoms with Gasteiger partial charge in [-0.3, -0.25) is 4.79 Å². The van der Waals surface area contributed by atoms with Gasteiger partial charge in [-0.1, -0.05) is 6.07 Å². The lowest BCUT2D eigenvalue weighted by Crippen LogP contribution is -2.11. The fraction of sp³-hybridized carbons (Fsp3) is 0.182. The quantitative estimate of drug-likeness (QED) is 0.837. The lowest BCUT2D eigenvalue weighted by Gasteiger charge is -2.05. The van der Waals surface area contributed by atoms with Gasteiger partial charge in [-0.05, 0) is 17.7 Å². The molecule has 0 spiro atoms. The molecule has 16 heavy (non-hydrogen) atoms. The fourth-order valence-corrected chi connectivity index (χ4v) is 1.13. The van der Waals surface area contributed by atoms with Crippen LogP contribution in [-0.4, -0.2) is 5.91 Å². The molecule has 1 rings (SSSR count). The second-order valence-corrected chi connectivity index (χ2v) is 3.03. The van der Waals surface area contributed by atoms with Gasteiger partial charge in [0.1, 0.15) is 12.2 Å². The van der Waals surface area contributed by atoms with Crippen molar-refractivity contribution in [2.24, 2.45) is 0 Å². The van der Waals surface area contributed by atoms with Crippen LogP contribution in [0.25, 0.3) is 0 Å². The molecule has 0 saturated heterocycles. The number of nitrogens with zero attached hydrogens (tertiary/aromatic N) is 2. The molecule has 80 valence electrons. The Morgan fingerprint density at radius 3 is 2.69 bits per heavy atom. The summed E-state index contributed by atoms with van der Waals surface area (Å²) in [5.41, 5.74) is 0.556. The summed E-state index contributed by atoms with van der Waals surface area (Å²) in [5, 5.41) is 18.9. The molecular weight excluding hydrogens is 209 g/mol. The van der Waals surface area contributed by atoms with E-state index in [0.29, 0.717) is 5.56 Å². The minimum atomic E-state index is -0.612. The molecule has 4 nitrogen and oxygen atoms in total. The topological polar surface area (TPSA) is 76.7 Å². The van der Waals surface area contributed by atoms with Crippen LogP contribution < -0.4 is 5.32 Å². The number of halogens is 1. The number of carbonyl (C=O) groups excluding carboxylic acids is 1. The Hall–Kier alpha value is -2.40. The van der Waals surface area contributed by atoms with Crippen molar-refractivity contribution in [3.63, 3.8) is 0 Å². The van der Waals surface area contributed by atoms with Crippen molar-refractivity contribution in [3.05, 3.63) is 29.6 Å². The Morgan fingerprint density at radius 1 is 1.38 bits per heavy atom. The molecule has 0 aliphatic rings. The average molecular weight is 217 g/mol. The molecule has 0 heterocycles. The van der Waals surface area contributed by atoms with E-state index in [0.717, 1.165) is 0 Å². The molecule has 1 amide bonds. The number of nitriles is 2. The smallest absolute Gasteiger partial charge is 0.238 e. The lowest BCUT2D eigenvalue weighted by molar-refractivity contribution is -0.115. The van der Waals surface area contributed by atoms with Crippen LogP contribution in [0.4, 0.5) is 10.1 Å². The minimum absolute atomic E-state index is 0.0157. The van der Waals surface area contributed by atoms with Crippen LogP contribution in [0, 0.1) is 28.5 Å². The number of carbonyl (C=O) groups is 1. The van der Waals surface area contributed by atoms with Crippen molar-refractivity contribution in [2.75, 3.05) is 5.32 Å². The van der Waals surface area contributed by atoms with Crippen LogP contribution >= 0.6 is 0 Å². The first kappa shape index (κ1) is 11.7. The van der Waals surface area contributed by atoms with Crippen molar-refractivity contribution in [2.45, 2.75) is 12.8 Å². The Bertz CT molecular complexity index is 485. The number of nitrogens with one attached hydrogen (secondary N) is 1. The molecule has 0 radical (unpaired) electrons. The van der Waals surface area contributed by atoms with Crippen LogP contribution in [0.2, 0.25) is 0 Å². The zero-order valence-electron chi connectivity index (χ0n) is 8.33. The van der Waals surface area contributed by atoms with Crippen LogP contribution in [-0.2, 0) is 11.2 Å². The number of hydrogen-bond acceptors (Lipinski definition) is 3. The van der Waals surface area contributed by atoms with E-state index in [-0.39, 0.29) is 18.5 Å². The van der Waals surface area contributed by atoms with Crippen molar-refractivity contribution in [1.82, 2.24) is 0 Å². The van der Waals surface area contributed by atoms with E-state index < -0.39 is 11.7 Å². The van der Waals surface area contributed by atoms with Crippen LogP contribution in [0.1, 0.15) is 12.0 Å². The van der Waals surface area contributed by atoms with Crippen LogP contribution in [0.5, 0.6) is 0 Å². The molecule has 1 N–H and O–H groups in total. The first-order valence-electron chi connectivity index (χ1n) is 4.49. The summed E-state index contributed by atoms with van der Waals surface area (Å²) < 4.78 is 13.4. The van der Waals surface area contributed by atoms with E-state index in [2.05, 4.69) is 5.32 Å². The highest BCUT2D eigenvalue weighted by molar-refractivity contribution is 5.92. The molecule has 0 aliphatic heterocycles. The van der Waals surface area contributed by atoms with E-state index >= 15 is 0 Å². The van der Waals surface area contributed by atoms with Gasteiger partial charge in [0.2, 0.25) is 5.91 Å². The Labute approximate surface area is 91.9 Å². The van der Waals surface area contributed by atoms with Gasteiger partial charge < -0.3 is 5.32 Å². The molecule has 0 saturated carbocycles. The minimum Gasteiger partial charge on any atom is -0.323 e. The largest absolute Gasteiger partial charge is 0.323 e. The van der Waals surface area contributed by atoms with E-state index in [1.54, 1.807) is 12.1 Å². The predicted molar refractivity (Wildman–Crippen MR) is 54.6 cm³/mol. The number of benzene rings is 1. The molecule has 0 aromatic heterocycles. The van der Waals surface area contributed by atoms with Crippen molar-refractivity contribution in [1.29, 1.82) is 10.5 Å². The van der Waals surface area contributed by atoms with Crippen molar-refractivity contribution in [3.8, 4) is 12.1 Å². The zero-order valence-corrected chi connectivity index (χ0v) is 8.33. The van der Waals surface area contributed by atoms with E-state index in [9.17, 15) is 9.18 Å². The van der Waals surface area contributed by atoms with Gasteiger partial charge in [-0.25, -0.2) is 4.39 Å². The maximum absolute atomic E-state index is 13.4. The molecular formula is C11H8FN3O. The summed E-state index contributed by atoms with van der Waals surface area (Å²) in [5.74, 6) is -1.17. The van der Waals surface area contributed by atoms with Crippen molar-refractivity contribution < 1.29 is 9.18 Å². The predicted octanol–water partition coefficient (Wildman–Crippen LogP) is 1.74. The monoisotopic (exact) mass is 217 g/mol. The van der Waals surface area contributed by atoms with Gasteiger partial charge in [-0.2, -0.15) is 10.5 Å². The molecule has 5 heteroatoms. The third kappa shape index (κ3) is 3.07. The highest BCUT2D eigenvalue weighted by atomic mass is 19.1. The first-order valence-corrected chi connectivity index (χ1v) is 4.49. The highest BCUT2D eigenvalue weighted by Crippen LogP contribution is 2.16. The van der Waals surface area contributed by atoms with E-state index in [1.807, 2.05) is 6.07 Å². The second kappa shape index (κ2) is 5.47. The van der Waals surface area contributed by atoms with E-state index in [1.165, 1.54) is 12.1 Å². The molecule has 0 fully saturated rings. The summed E-state index contributed by atoms with van der Waals surface area (Å²) in [7, 11) is 0. The Morgan fingerprint density at radius 2 is 2.12 bits per heavy atom. The first-order chi connectivity index (χ1) is 7.67. The fourth-order valence-electron chi connectivity index (χ4n) is 1.13. The number of anilines is 1. The number of amides is 1. The maximum Gasteiger partial charge on any atom is 0.238 e. The van der Waals surface area contributed by atoms with Crippen LogP contribution in [0.15, 0.2) is 18.2 Å².